The molecule has 1 heterocycles. The molecule has 0 aromatic heterocycles. The number of likely N-dealkylation sites (tertiary alicyclic amines) is 1. The van der Waals surface area contributed by atoms with Gasteiger partial charge in [-0.2, -0.15) is 0 Å². The number of nitrogens with one attached hydrogen (secondary N) is 1. The molecule has 136 valence electrons. The van der Waals surface area contributed by atoms with E-state index in [0.29, 0.717) is 12.3 Å². The van der Waals surface area contributed by atoms with Crippen molar-refractivity contribution in [2.75, 3.05) is 19.7 Å². The van der Waals surface area contributed by atoms with Crippen LogP contribution < -0.4 is 10.1 Å². The molecule has 0 bridgehead atoms. The molecular weight excluding hydrogens is 335 g/mol. The summed E-state index contributed by atoms with van der Waals surface area (Å²) in [5.41, 5.74) is 0.913. The maximum Gasteiger partial charge on any atom is 0.258 e. The average Bonchev–Trinajstić information content (AvgIpc) is 3.16. The number of nitrogens with zero attached hydrogens (tertiary/aromatic N) is 1. The Morgan fingerprint density at radius 2 is 1.85 bits per heavy atom. The first-order chi connectivity index (χ1) is 12.6. The van der Waals surface area contributed by atoms with Gasteiger partial charge in [-0.1, -0.05) is 30.3 Å². The smallest absolute Gasteiger partial charge is 0.258 e. The average molecular weight is 356 g/mol. The van der Waals surface area contributed by atoms with Crippen LogP contribution in [0.15, 0.2) is 54.6 Å². The molecule has 1 fully saturated rings. The number of hydrogen-bond donors (Lipinski definition) is 1. The quantitative estimate of drug-likeness (QED) is 0.866. The molecule has 2 aromatic rings. The highest BCUT2D eigenvalue weighted by Crippen LogP contribution is 2.31. The van der Waals surface area contributed by atoms with Gasteiger partial charge in [-0.3, -0.25) is 9.59 Å². The van der Waals surface area contributed by atoms with Gasteiger partial charge in [-0.25, -0.2) is 4.39 Å². The molecule has 0 saturated carbocycles. The third-order valence-corrected chi connectivity index (χ3v) is 4.38. The summed E-state index contributed by atoms with van der Waals surface area (Å²) in [6.45, 7) is 0.421. The largest absolute Gasteiger partial charge is 0.484 e. The lowest BCUT2D eigenvalue weighted by molar-refractivity contribution is -0.134. The Balaban J connectivity index is 1.49. The number of carbonyl (C=O) groups is 2. The van der Waals surface area contributed by atoms with E-state index < -0.39 is 0 Å². The van der Waals surface area contributed by atoms with Gasteiger partial charge in [-0.15, -0.1) is 0 Å². The monoisotopic (exact) mass is 356 g/mol. The van der Waals surface area contributed by atoms with Gasteiger partial charge in [-0.05, 0) is 42.7 Å². The van der Waals surface area contributed by atoms with E-state index in [-0.39, 0.29) is 36.8 Å². The maximum atomic E-state index is 13.1. The van der Waals surface area contributed by atoms with Crippen molar-refractivity contribution >= 4 is 11.8 Å². The minimum absolute atomic E-state index is 0.0689. The molecule has 1 aliphatic heterocycles. The number of carbonyl (C=O) groups excluding carboxylic acids is 2. The second-order valence-electron chi connectivity index (χ2n) is 6.18. The van der Waals surface area contributed by atoms with Crippen LogP contribution in [-0.2, 0) is 9.59 Å². The second kappa shape index (κ2) is 8.47. The summed E-state index contributed by atoms with van der Waals surface area (Å²) in [6, 6.07) is 15.2. The molecule has 26 heavy (non-hydrogen) atoms. The van der Waals surface area contributed by atoms with E-state index in [1.807, 2.05) is 18.2 Å². The summed E-state index contributed by atoms with van der Waals surface area (Å²) in [5.74, 6) is -0.190. The first kappa shape index (κ1) is 17.9. The molecule has 2 aromatic carbocycles. The van der Waals surface area contributed by atoms with Crippen molar-refractivity contribution in [2.45, 2.75) is 18.9 Å². The van der Waals surface area contributed by atoms with Crippen LogP contribution in [-0.4, -0.2) is 36.4 Å². The number of para-hydroxylation sites is 1. The summed E-state index contributed by atoms with van der Waals surface area (Å²) in [4.78, 5) is 26.1. The second-order valence-corrected chi connectivity index (χ2v) is 6.18. The van der Waals surface area contributed by atoms with E-state index in [0.717, 1.165) is 18.4 Å². The van der Waals surface area contributed by atoms with Crippen molar-refractivity contribution in [1.29, 1.82) is 0 Å². The Bertz CT molecular complexity index is 749. The lowest BCUT2D eigenvalue weighted by Gasteiger charge is -2.25. The van der Waals surface area contributed by atoms with Crippen molar-refractivity contribution in [3.05, 3.63) is 66.0 Å². The molecule has 0 radical (unpaired) electrons. The Kier molecular flexibility index (Phi) is 5.84. The van der Waals surface area contributed by atoms with Crippen LogP contribution in [0.5, 0.6) is 5.75 Å². The zero-order valence-electron chi connectivity index (χ0n) is 14.4. The van der Waals surface area contributed by atoms with Gasteiger partial charge >= 0.3 is 0 Å². The van der Waals surface area contributed by atoms with E-state index in [1.165, 1.54) is 12.1 Å². The zero-order valence-corrected chi connectivity index (χ0v) is 14.4. The summed E-state index contributed by atoms with van der Waals surface area (Å²) in [7, 11) is 0. The first-order valence-electron chi connectivity index (χ1n) is 8.63. The SMILES string of the molecule is O=C(COc1ccccc1)NCC(=O)N1CCCC1c1ccc(F)cc1. The van der Waals surface area contributed by atoms with Crippen LogP contribution in [0.3, 0.4) is 0 Å². The van der Waals surface area contributed by atoms with E-state index in [4.69, 9.17) is 4.74 Å². The van der Waals surface area contributed by atoms with E-state index in [9.17, 15) is 14.0 Å². The van der Waals surface area contributed by atoms with E-state index in [2.05, 4.69) is 5.32 Å². The Morgan fingerprint density at radius 1 is 1.12 bits per heavy atom. The fraction of sp³-hybridized carbons (Fsp3) is 0.300. The topological polar surface area (TPSA) is 58.6 Å². The maximum absolute atomic E-state index is 13.1. The third kappa shape index (κ3) is 4.59. The molecule has 1 aliphatic rings. The molecule has 0 aliphatic carbocycles. The first-order valence-corrected chi connectivity index (χ1v) is 8.63. The van der Waals surface area contributed by atoms with Crippen molar-refractivity contribution < 1.29 is 18.7 Å². The van der Waals surface area contributed by atoms with Crippen molar-refractivity contribution in [3.63, 3.8) is 0 Å². The third-order valence-electron chi connectivity index (χ3n) is 4.38. The Hall–Kier alpha value is -2.89. The molecule has 1 unspecified atom stereocenters. The Morgan fingerprint density at radius 3 is 2.58 bits per heavy atom. The number of hydrogen-bond acceptors (Lipinski definition) is 3. The molecule has 6 heteroatoms. The number of benzene rings is 2. The van der Waals surface area contributed by atoms with Gasteiger partial charge in [0.1, 0.15) is 11.6 Å². The molecule has 3 rings (SSSR count). The fourth-order valence-electron chi connectivity index (χ4n) is 3.09. The summed E-state index contributed by atoms with van der Waals surface area (Å²) in [6.07, 6.45) is 1.72. The van der Waals surface area contributed by atoms with Gasteiger partial charge < -0.3 is 15.0 Å². The van der Waals surface area contributed by atoms with Crippen LogP contribution in [0.2, 0.25) is 0 Å². The van der Waals surface area contributed by atoms with Crippen LogP contribution >= 0.6 is 0 Å². The van der Waals surface area contributed by atoms with Crippen LogP contribution in [0.25, 0.3) is 0 Å². The van der Waals surface area contributed by atoms with Crippen LogP contribution in [0.1, 0.15) is 24.4 Å². The fourth-order valence-corrected chi connectivity index (χ4v) is 3.09. The normalized spacial score (nSPS) is 16.3. The highest BCUT2D eigenvalue weighted by Gasteiger charge is 2.29. The Labute approximate surface area is 151 Å². The number of amides is 2. The highest BCUT2D eigenvalue weighted by atomic mass is 19.1. The highest BCUT2D eigenvalue weighted by molar-refractivity contribution is 5.85. The van der Waals surface area contributed by atoms with Gasteiger partial charge in [0.25, 0.3) is 5.91 Å². The zero-order chi connectivity index (χ0) is 18.4. The van der Waals surface area contributed by atoms with Gasteiger partial charge in [0.2, 0.25) is 5.91 Å². The van der Waals surface area contributed by atoms with E-state index >= 15 is 0 Å². The standard InChI is InChI=1S/C20H21FN2O3/c21-16-10-8-15(9-11-16)18-7-4-12-23(18)20(25)13-22-19(24)14-26-17-5-2-1-3-6-17/h1-3,5-6,8-11,18H,4,7,12-14H2,(H,22,24). The van der Waals surface area contributed by atoms with Crippen molar-refractivity contribution in [1.82, 2.24) is 10.2 Å². The van der Waals surface area contributed by atoms with Gasteiger partial charge in [0.05, 0.1) is 12.6 Å². The number of halogens is 1. The predicted octanol–water partition coefficient (Wildman–Crippen LogP) is 2.68. The van der Waals surface area contributed by atoms with Crippen LogP contribution in [0.4, 0.5) is 4.39 Å². The van der Waals surface area contributed by atoms with Gasteiger partial charge in [0, 0.05) is 6.54 Å². The van der Waals surface area contributed by atoms with Crippen molar-refractivity contribution in [2.24, 2.45) is 0 Å². The molecule has 1 atom stereocenters. The summed E-state index contributed by atoms with van der Waals surface area (Å²) < 4.78 is 18.4. The molecule has 5 nitrogen and oxygen atoms in total. The minimum Gasteiger partial charge on any atom is -0.484 e. The number of ether oxygens (including phenoxy) is 1. The molecular formula is C20H21FN2O3. The summed E-state index contributed by atoms with van der Waals surface area (Å²) >= 11 is 0. The van der Waals surface area contributed by atoms with Crippen molar-refractivity contribution in [3.8, 4) is 5.75 Å². The predicted molar refractivity (Wildman–Crippen MR) is 95.0 cm³/mol. The lowest BCUT2D eigenvalue weighted by Crippen LogP contribution is -2.41. The molecule has 1 saturated heterocycles. The minimum atomic E-state index is -0.347. The molecule has 1 N–H and O–H groups in total. The van der Waals surface area contributed by atoms with Crippen LogP contribution in [0, 0.1) is 5.82 Å². The summed E-state index contributed by atoms with van der Waals surface area (Å²) in [5, 5.41) is 2.60. The lowest BCUT2D eigenvalue weighted by atomic mass is 10.0. The molecule has 0 spiro atoms. The van der Waals surface area contributed by atoms with E-state index in [1.54, 1.807) is 29.2 Å². The number of rotatable bonds is 6. The van der Waals surface area contributed by atoms with Gasteiger partial charge in [0.15, 0.2) is 6.61 Å². The molecule has 2 amide bonds.